The quantitative estimate of drug-likeness (QED) is 0.671. The molecule has 0 aliphatic carbocycles. The summed E-state index contributed by atoms with van der Waals surface area (Å²) in [6.45, 7) is 4.46. The van der Waals surface area contributed by atoms with Gasteiger partial charge in [-0.15, -0.1) is 12.4 Å². The number of rotatable bonds is 2. The van der Waals surface area contributed by atoms with Crippen LogP contribution in [0.5, 0.6) is 0 Å². The average Bonchev–Trinajstić information content (AvgIpc) is 2.97. The van der Waals surface area contributed by atoms with Gasteiger partial charge in [0.2, 0.25) is 5.91 Å². The lowest BCUT2D eigenvalue weighted by Crippen LogP contribution is -2.51. The molecule has 3 aliphatic rings. The molecule has 0 bridgehead atoms. The second kappa shape index (κ2) is 9.01. The number of hydrazine groups is 1. The van der Waals surface area contributed by atoms with Gasteiger partial charge in [0.05, 0.1) is 0 Å². The van der Waals surface area contributed by atoms with Gasteiger partial charge in [0.25, 0.3) is 5.91 Å². The topological polar surface area (TPSA) is 76.7 Å². The highest BCUT2D eigenvalue weighted by atomic mass is 35.5. The largest absolute Gasteiger partial charge is 0.339 e. The number of carbonyl (C=O) groups excluding carboxylic acids is 2. The van der Waals surface area contributed by atoms with Gasteiger partial charge in [-0.25, -0.2) is 5.43 Å². The summed E-state index contributed by atoms with van der Waals surface area (Å²) in [6, 6.07) is 9.57. The van der Waals surface area contributed by atoms with Gasteiger partial charge >= 0.3 is 0 Å². The SMILES string of the molecule is Cl.O=C(c1ccccc1)N1CCCN(C(=O)C2NNC3CCNCC32)CC1. The van der Waals surface area contributed by atoms with Crippen LogP contribution in [-0.4, -0.2) is 73.0 Å². The van der Waals surface area contributed by atoms with Crippen molar-refractivity contribution in [1.82, 2.24) is 26.0 Å². The van der Waals surface area contributed by atoms with Crippen molar-refractivity contribution in [3.8, 4) is 0 Å². The number of halogens is 1. The first-order chi connectivity index (χ1) is 12.7. The zero-order chi connectivity index (χ0) is 17.9. The van der Waals surface area contributed by atoms with Crippen LogP contribution in [0.4, 0.5) is 0 Å². The van der Waals surface area contributed by atoms with Crippen LogP contribution in [-0.2, 0) is 4.79 Å². The number of nitrogens with one attached hydrogen (secondary N) is 3. The van der Waals surface area contributed by atoms with Crippen molar-refractivity contribution < 1.29 is 9.59 Å². The molecule has 148 valence electrons. The van der Waals surface area contributed by atoms with Crippen LogP contribution in [0.15, 0.2) is 30.3 Å². The maximum Gasteiger partial charge on any atom is 0.253 e. The van der Waals surface area contributed by atoms with E-state index in [2.05, 4.69) is 16.2 Å². The summed E-state index contributed by atoms with van der Waals surface area (Å²) in [4.78, 5) is 29.5. The van der Waals surface area contributed by atoms with Gasteiger partial charge in [-0.1, -0.05) is 18.2 Å². The highest BCUT2D eigenvalue weighted by Gasteiger charge is 2.42. The van der Waals surface area contributed by atoms with E-state index in [9.17, 15) is 9.59 Å². The second-order valence-corrected chi connectivity index (χ2v) is 7.37. The number of benzene rings is 1. The minimum absolute atomic E-state index is 0. The van der Waals surface area contributed by atoms with Gasteiger partial charge in [0, 0.05) is 50.2 Å². The highest BCUT2D eigenvalue weighted by Crippen LogP contribution is 2.22. The molecule has 3 fully saturated rings. The maximum absolute atomic E-state index is 13.0. The van der Waals surface area contributed by atoms with Crippen LogP contribution in [0, 0.1) is 5.92 Å². The molecule has 3 heterocycles. The lowest BCUT2D eigenvalue weighted by atomic mass is 9.89. The average molecular weight is 394 g/mol. The third-order valence-corrected chi connectivity index (χ3v) is 5.76. The number of fused-ring (bicyclic) bond motifs is 1. The first-order valence-electron chi connectivity index (χ1n) is 9.59. The zero-order valence-corrected chi connectivity index (χ0v) is 16.2. The summed E-state index contributed by atoms with van der Waals surface area (Å²) >= 11 is 0. The fourth-order valence-corrected chi connectivity index (χ4v) is 4.26. The van der Waals surface area contributed by atoms with E-state index < -0.39 is 0 Å². The molecule has 2 amide bonds. The van der Waals surface area contributed by atoms with Crippen LogP contribution in [0.1, 0.15) is 23.2 Å². The van der Waals surface area contributed by atoms with E-state index in [1.165, 1.54) is 0 Å². The number of amides is 2. The summed E-state index contributed by atoms with van der Waals surface area (Å²) in [7, 11) is 0. The molecule has 1 aromatic rings. The molecule has 4 rings (SSSR count). The summed E-state index contributed by atoms with van der Waals surface area (Å²) in [5.41, 5.74) is 7.22. The number of nitrogens with zero attached hydrogens (tertiary/aromatic N) is 2. The molecule has 0 saturated carbocycles. The minimum Gasteiger partial charge on any atom is -0.339 e. The number of hydrogen-bond donors (Lipinski definition) is 3. The van der Waals surface area contributed by atoms with Gasteiger partial charge in [-0.3, -0.25) is 15.0 Å². The second-order valence-electron chi connectivity index (χ2n) is 7.37. The Morgan fingerprint density at radius 3 is 2.52 bits per heavy atom. The zero-order valence-electron chi connectivity index (χ0n) is 15.4. The lowest BCUT2D eigenvalue weighted by Gasteiger charge is -2.30. The third kappa shape index (κ3) is 4.27. The van der Waals surface area contributed by atoms with E-state index in [1.807, 2.05) is 40.1 Å². The predicted octanol–water partition coefficient (Wildman–Crippen LogP) is 0.237. The summed E-state index contributed by atoms with van der Waals surface area (Å²) < 4.78 is 0. The fourth-order valence-electron chi connectivity index (χ4n) is 4.26. The molecule has 0 aromatic heterocycles. The molecular formula is C19H28ClN5O2. The van der Waals surface area contributed by atoms with Crippen LogP contribution < -0.4 is 16.2 Å². The minimum atomic E-state index is -0.177. The van der Waals surface area contributed by atoms with Crippen molar-refractivity contribution in [1.29, 1.82) is 0 Å². The molecule has 8 heteroatoms. The van der Waals surface area contributed by atoms with Gasteiger partial charge in [0.15, 0.2) is 0 Å². The van der Waals surface area contributed by atoms with Gasteiger partial charge in [0.1, 0.15) is 6.04 Å². The molecule has 0 radical (unpaired) electrons. The smallest absolute Gasteiger partial charge is 0.253 e. The van der Waals surface area contributed by atoms with Gasteiger partial charge in [-0.05, 0) is 31.5 Å². The Morgan fingerprint density at radius 1 is 0.963 bits per heavy atom. The van der Waals surface area contributed by atoms with Crippen molar-refractivity contribution in [3.63, 3.8) is 0 Å². The van der Waals surface area contributed by atoms with Crippen molar-refractivity contribution >= 4 is 24.2 Å². The van der Waals surface area contributed by atoms with E-state index in [-0.39, 0.29) is 30.3 Å². The molecule has 1 aromatic carbocycles. The summed E-state index contributed by atoms with van der Waals surface area (Å²) in [5, 5.41) is 3.39. The molecule has 0 spiro atoms. The van der Waals surface area contributed by atoms with Crippen LogP contribution >= 0.6 is 12.4 Å². The normalized spacial score (nSPS) is 28.1. The van der Waals surface area contributed by atoms with Gasteiger partial charge < -0.3 is 15.1 Å². The van der Waals surface area contributed by atoms with Crippen LogP contribution in [0.2, 0.25) is 0 Å². The summed E-state index contributed by atoms with van der Waals surface area (Å²) in [5.74, 6) is 0.501. The van der Waals surface area contributed by atoms with E-state index >= 15 is 0 Å². The van der Waals surface area contributed by atoms with E-state index in [0.717, 1.165) is 25.9 Å². The first-order valence-corrected chi connectivity index (χ1v) is 9.59. The molecule has 3 N–H and O–H groups in total. The van der Waals surface area contributed by atoms with E-state index in [1.54, 1.807) is 0 Å². The lowest BCUT2D eigenvalue weighted by molar-refractivity contribution is -0.134. The highest BCUT2D eigenvalue weighted by molar-refractivity contribution is 5.94. The van der Waals surface area contributed by atoms with Crippen LogP contribution in [0.25, 0.3) is 0 Å². The standard InChI is InChI=1S/C19H27N5O2.ClH/c25-18(14-5-2-1-3-6-14)23-9-4-10-24(12-11-23)19(26)17-15-13-20-8-7-16(15)21-22-17;/h1-3,5-6,15-17,20-22H,4,7-13H2;1H. The number of piperidine rings is 1. The fraction of sp³-hybridized carbons (Fsp3) is 0.579. The Balaban J connectivity index is 0.00000210. The van der Waals surface area contributed by atoms with Crippen molar-refractivity contribution in [2.75, 3.05) is 39.3 Å². The Kier molecular flexibility index (Phi) is 6.70. The van der Waals surface area contributed by atoms with E-state index in [4.69, 9.17) is 0 Å². The molecule has 3 unspecified atom stereocenters. The van der Waals surface area contributed by atoms with Crippen molar-refractivity contribution in [2.45, 2.75) is 24.9 Å². The Morgan fingerprint density at radius 2 is 1.70 bits per heavy atom. The molecular weight excluding hydrogens is 366 g/mol. The molecule has 7 nitrogen and oxygen atoms in total. The molecule has 27 heavy (non-hydrogen) atoms. The maximum atomic E-state index is 13.0. The third-order valence-electron chi connectivity index (χ3n) is 5.76. The Labute approximate surface area is 166 Å². The monoisotopic (exact) mass is 393 g/mol. The Hall–Kier alpha value is -1.67. The summed E-state index contributed by atoms with van der Waals surface area (Å²) in [6.07, 6.45) is 1.86. The molecule has 3 aliphatic heterocycles. The van der Waals surface area contributed by atoms with Gasteiger partial charge in [-0.2, -0.15) is 0 Å². The molecule has 3 saturated heterocycles. The predicted molar refractivity (Wildman–Crippen MR) is 106 cm³/mol. The number of carbonyl (C=O) groups is 2. The number of hydrogen-bond acceptors (Lipinski definition) is 5. The van der Waals surface area contributed by atoms with Crippen LogP contribution in [0.3, 0.4) is 0 Å². The van der Waals surface area contributed by atoms with Crippen molar-refractivity contribution in [3.05, 3.63) is 35.9 Å². The van der Waals surface area contributed by atoms with E-state index in [0.29, 0.717) is 43.7 Å². The van der Waals surface area contributed by atoms with Crippen molar-refractivity contribution in [2.24, 2.45) is 5.92 Å². The molecule has 3 atom stereocenters. The first kappa shape index (κ1) is 20.1. The Bertz CT molecular complexity index is 659.